The zero-order chi connectivity index (χ0) is 16.8. The molecule has 0 saturated heterocycles. The van der Waals surface area contributed by atoms with Crippen molar-refractivity contribution < 1.29 is 19.0 Å². The van der Waals surface area contributed by atoms with Gasteiger partial charge in [0.1, 0.15) is 0 Å². The van der Waals surface area contributed by atoms with Crippen molar-refractivity contribution in [2.75, 3.05) is 21.3 Å². The number of unbranched alkanes of at least 4 members (excludes halogenated alkanes) is 2. The zero-order valence-electron chi connectivity index (χ0n) is 14.7. The van der Waals surface area contributed by atoms with Gasteiger partial charge in [0.25, 0.3) is 0 Å². The number of allylic oxidation sites excluding steroid dienone is 3. The molecule has 0 aliphatic heterocycles. The predicted octanol–water partition coefficient (Wildman–Crippen LogP) is 4.11. The van der Waals surface area contributed by atoms with E-state index in [0.29, 0.717) is 6.42 Å². The number of rotatable bonds is 12. The molecule has 4 nitrogen and oxygen atoms in total. The summed E-state index contributed by atoms with van der Waals surface area (Å²) in [5.74, 6) is 0.238. The van der Waals surface area contributed by atoms with E-state index >= 15 is 0 Å². The van der Waals surface area contributed by atoms with Crippen molar-refractivity contribution in [2.45, 2.75) is 52.2 Å². The summed E-state index contributed by atoms with van der Waals surface area (Å²) in [5, 5.41) is 0. The van der Waals surface area contributed by atoms with Crippen LogP contribution in [0.2, 0.25) is 0 Å². The van der Waals surface area contributed by atoms with Gasteiger partial charge in [-0.1, -0.05) is 44.4 Å². The summed E-state index contributed by atoms with van der Waals surface area (Å²) in [5.41, 5.74) is 0. The van der Waals surface area contributed by atoms with Crippen LogP contribution in [0.25, 0.3) is 0 Å². The maximum Gasteiger partial charge on any atom is 0.306 e. The number of carbonyl (C=O) groups is 1. The second-order valence-corrected chi connectivity index (χ2v) is 5.35. The molecule has 2 atom stereocenters. The highest BCUT2D eigenvalue weighted by atomic mass is 16.7. The molecule has 0 bridgehead atoms. The number of hydrogen-bond acceptors (Lipinski definition) is 4. The lowest BCUT2D eigenvalue weighted by Crippen LogP contribution is -2.18. The molecule has 0 rings (SSSR count). The molecule has 4 heteroatoms. The lowest BCUT2D eigenvalue weighted by atomic mass is 9.84. The average molecular weight is 312 g/mol. The third kappa shape index (κ3) is 9.00. The fraction of sp³-hybridized carbons (Fsp3) is 0.722. The molecule has 0 aliphatic rings. The van der Waals surface area contributed by atoms with Gasteiger partial charge in [-0.3, -0.25) is 4.79 Å². The van der Waals surface area contributed by atoms with Gasteiger partial charge in [0.2, 0.25) is 0 Å². The van der Waals surface area contributed by atoms with E-state index in [1.807, 2.05) is 19.1 Å². The summed E-state index contributed by atoms with van der Waals surface area (Å²) in [6, 6.07) is 0. The van der Waals surface area contributed by atoms with Crippen LogP contribution in [0, 0.1) is 11.8 Å². The summed E-state index contributed by atoms with van der Waals surface area (Å²) in [6.07, 6.45) is 12.7. The largest absolute Gasteiger partial charge is 0.469 e. The van der Waals surface area contributed by atoms with Gasteiger partial charge in [-0.2, -0.15) is 0 Å². The Kier molecular flexibility index (Phi) is 12.8. The Hall–Kier alpha value is -1.13. The summed E-state index contributed by atoms with van der Waals surface area (Å²) < 4.78 is 15.2. The predicted molar refractivity (Wildman–Crippen MR) is 89.5 cm³/mol. The number of ether oxygens (including phenoxy) is 3. The first-order valence-corrected chi connectivity index (χ1v) is 8.06. The molecule has 0 aromatic heterocycles. The fourth-order valence-corrected chi connectivity index (χ4v) is 2.45. The molecule has 22 heavy (non-hydrogen) atoms. The van der Waals surface area contributed by atoms with E-state index in [1.54, 1.807) is 14.2 Å². The third-order valence-corrected chi connectivity index (χ3v) is 3.74. The lowest BCUT2D eigenvalue weighted by Gasteiger charge is -2.22. The van der Waals surface area contributed by atoms with Crippen LogP contribution in [0.4, 0.5) is 0 Å². The number of methoxy groups -OCH3 is 3. The molecular weight excluding hydrogens is 280 g/mol. The van der Waals surface area contributed by atoms with Gasteiger partial charge in [-0.15, -0.1) is 0 Å². The van der Waals surface area contributed by atoms with E-state index in [1.165, 1.54) is 20.0 Å². The van der Waals surface area contributed by atoms with Crippen LogP contribution in [0.15, 0.2) is 24.3 Å². The van der Waals surface area contributed by atoms with Gasteiger partial charge in [-0.25, -0.2) is 0 Å². The zero-order valence-corrected chi connectivity index (χ0v) is 14.7. The third-order valence-electron chi connectivity index (χ3n) is 3.74. The van der Waals surface area contributed by atoms with Gasteiger partial charge in [0, 0.05) is 14.2 Å². The van der Waals surface area contributed by atoms with Gasteiger partial charge in [0.05, 0.1) is 13.5 Å². The summed E-state index contributed by atoms with van der Waals surface area (Å²) >= 11 is 0. The van der Waals surface area contributed by atoms with Gasteiger partial charge >= 0.3 is 5.97 Å². The first kappa shape index (κ1) is 20.9. The van der Waals surface area contributed by atoms with E-state index in [0.717, 1.165) is 12.8 Å². The average Bonchev–Trinajstić information content (AvgIpc) is 2.53. The maximum absolute atomic E-state index is 11.7. The van der Waals surface area contributed by atoms with Gasteiger partial charge < -0.3 is 14.2 Å². The molecule has 0 spiro atoms. The summed E-state index contributed by atoms with van der Waals surface area (Å²) in [7, 11) is 4.66. The van der Waals surface area contributed by atoms with Gasteiger partial charge in [0.15, 0.2) is 6.29 Å². The monoisotopic (exact) mass is 312 g/mol. The number of esters is 1. The van der Waals surface area contributed by atoms with Crippen LogP contribution in [-0.4, -0.2) is 33.6 Å². The molecule has 2 unspecified atom stereocenters. The van der Waals surface area contributed by atoms with Crippen LogP contribution in [0.1, 0.15) is 46.0 Å². The van der Waals surface area contributed by atoms with E-state index in [-0.39, 0.29) is 24.1 Å². The Balaban J connectivity index is 4.99. The Labute approximate surface area is 135 Å². The Morgan fingerprint density at radius 2 is 1.68 bits per heavy atom. The van der Waals surface area contributed by atoms with Crippen molar-refractivity contribution in [3.05, 3.63) is 24.3 Å². The molecule has 0 amide bonds. The van der Waals surface area contributed by atoms with Crippen LogP contribution in [0.3, 0.4) is 0 Å². The number of hydrogen-bond donors (Lipinski definition) is 0. The van der Waals surface area contributed by atoms with E-state index in [2.05, 4.69) is 19.1 Å². The van der Waals surface area contributed by atoms with Crippen molar-refractivity contribution in [3.8, 4) is 0 Å². The molecule has 0 heterocycles. The standard InChI is InChI=1S/C18H32O4/c1-6-8-9-11-15(12-13-18(21-4)22-5)16(10-7-2)14-17(19)20-3/h7,10,12-13,15-16,18H,6,8-9,11,14H2,1-5H3/b10-7+,13-12+. The maximum atomic E-state index is 11.7. The van der Waals surface area contributed by atoms with E-state index in [4.69, 9.17) is 14.2 Å². The van der Waals surface area contributed by atoms with Crippen molar-refractivity contribution in [1.82, 2.24) is 0 Å². The molecule has 0 aromatic rings. The first-order chi connectivity index (χ1) is 10.6. The highest BCUT2D eigenvalue weighted by molar-refractivity contribution is 5.69. The highest BCUT2D eigenvalue weighted by Gasteiger charge is 2.20. The van der Waals surface area contributed by atoms with Crippen molar-refractivity contribution in [1.29, 1.82) is 0 Å². The van der Waals surface area contributed by atoms with Crippen molar-refractivity contribution in [2.24, 2.45) is 11.8 Å². The number of carbonyl (C=O) groups excluding carboxylic acids is 1. The fourth-order valence-electron chi connectivity index (χ4n) is 2.45. The van der Waals surface area contributed by atoms with Crippen molar-refractivity contribution in [3.63, 3.8) is 0 Å². The smallest absolute Gasteiger partial charge is 0.306 e. The highest BCUT2D eigenvalue weighted by Crippen LogP contribution is 2.26. The van der Waals surface area contributed by atoms with Crippen molar-refractivity contribution >= 4 is 5.97 Å². The molecule has 128 valence electrons. The Bertz CT molecular complexity index is 332. The molecule has 0 aromatic carbocycles. The van der Waals surface area contributed by atoms with E-state index in [9.17, 15) is 4.79 Å². The quantitative estimate of drug-likeness (QED) is 0.235. The minimum atomic E-state index is -0.349. The lowest BCUT2D eigenvalue weighted by molar-refractivity contribution is -0.141. The minimum Gasteiger partial charge on any atom is -0.469 e. The second-order valence-electron chi connectivity index (χ2n) is 5.35. The van der Waals surface area contributed by atoms with Crippen LogP contribution < -0.4 is 0 Å². The Morgan fingerprint density at radius 3 is 2.18 bits per heavy atom. The van der Waals surface area contributed by atoms with E-state index < -0.39 is 0 Å². The Morgan fingerprint density at radius 1 is 1.00 bits per heavy atom. The molecule has 0 saturated carbocycles. The molecular formula is C18H32O4. The first-order valence-electron chi connectivity index (χ1n) is 8.06. The van der Waals surface area contributed by atoms with Crippen LogP contribution in [-0.2, 0) is 19.0 Å². The SMILES string of the molecule is C/C=C/C(CC(=O)OC)C(/C=C/C(OC)OC)CCCCC. The second kappa shape index (κ2) is 13.5. The topological polar surface area (TPSA) is 44.8 Å². The van der Waals surface area contributed by atoms with Crippen LogP contribution in [0.5, 0.6) is 0 Å². The summed E-state index contributed by atoms with van der Waals surface area (Å²) in [6.45, 7) is 4.17. The normalized spacial score (nSPS) is 14.8. The molecule has 0 aliphatic carbocycles. The van der Waals surface area contributed by atoms with Crippen LogP contribution >= 0.6 is 0 Å². The summed E-state index contributed by atoms with van der Waals surface area (Å²) in [4.78, 5) is 11.7. The molecule has 0 radical (unpaired) electrons. The van der Waals surface area contributed by atoms with Gasteiger partial charge in [-0.05, 0) is 31.3 Å². The minimum absolute atomic E-state index is 0.139. The molecule has 0 fully saturated rings. The molecule has 0 N–H and O–H groups in total.